The van der Waals surface area contributed by atoms with E-state index in [9.17, 15) is 13.2 Å². The van der Waals surface area contributed by atoms with Gasteiger partial charge in [0.25, 0.3) is 15.9 Å². The summed E-state index contributed by atoms with van der Waals surface area (Å²) in [7, 11) is -0.722. The molecule has 2 aromatic carbocycles. The van der Waals surface area contributed by atoms with Crippen LogP contribution in [0, 0.1) is 6.92 Å². The smallest absolute Gasteiger partial charge is 0.257 e. The van der Waals surface area contributed by atoms with Crippen molar-refractivity contribution in [3.05, 3.63) is 59.3 Å². The van der Waals surface area contributed by atoms with Gasteiger partial charge in [0.1, 0.15) is 0 Å². The summed E-state index contributed by atoms with van der Waals surface area (Å²) in [4.78, 5) is 21.6. The van der Waals surface area contributed by atoms with Gasteiger partial charge in [-0.15, -0.1) is 4.83 Å². The first kappa shape index (κ1) is 28.4. The number of benzene rings is 2. The Hall–Kier alpha value is -3.08. The Labute approximate surface area is 237 Å². The molecule has 40 heavy (non-hydrogen) atoms. The first-order valence-corrected chi connectivity index (χ1v) is 15.7. The van der Waals surface area contributed by atoms with E-state index in [1.165, 1.54) is 19.3 Å². The quantitative estimate of drug-likeness (QED) is 0.444. The molecule has 0 bridgehead atoms. The summed E-state index contributed by atoms with van der Waals surface area (Å²) in [6.45, 7) is 4.62. The normalized spacial score (nSPS) is 22.5. The SMILES string of the molecule is COc1ccc(C2=C(NNS(=O)(=O)c3ccc(C)cc3)CCN([C@@H]3CCCC[C@H]3N3CCCC3)C2=O)cc1OC. The van der Waals surface area contributed by atoms with Crippen LogP contribution in [0.15, 0.2) is 53.1 Å². The van der Waals surface area contributed by atoms with Gasteiger partial charge in [-0.2, -0.15) is 0 Å². The lowest BCUT2D eigenvalue weighted by atomic mass is 9.86. The number of likely N-dealkylation sites (tertiary alicyclic amines) is 1. The van der Waals surface area contributed by atoms with Crippen molar-refractivity contribution in [2.24, 2.45) is 0 Å². The van der Waals surface area contributed by atoms with Gasteiger partial charge in [0.2, 0.25) is 0 Å². The zero-order valence-corrected chi connectivity index (χ0v) is 24.4. The average molecular weight is 569 g/mol. The van der Waals surface area contributed by atoms with Gasteiger partial charge in [0.05, 0.1) is 24.7 Å². The standard InChI is InChI=1S/C30H40N4O5S/c1-21-10-13-23(14-11-21)40(36,37)32-31-24-16-19-34(26-9-5-4-8-25(26)33-17-6-7-18-33)30(35)29(24)22-12-15-27(38-2)28(20-22)39-3/h10-15,20,25-26,31-32H,4-9,16-19H2,1-3H3/t25-,26-/m1/s1. The summed E-state index contributed by atoms with van der Waals surface area (Å²) in [5.74, 6) is 0.971. The molecular formula is C30H40N4O5S. The molecule has 1 amide bonds. The average Bonchev–Trinajstić information content (AvgIpc) is 3.51. The number of nitrogens with one attached hydrogen (secondary N) is 2. The van der Waals surface area contributed by atoms with Gasteiger partial charge in [-0.05, 0) is 75.5 Å². The van der Waals surface area contributed by atoms with E-state index in [2.05, 4.69) is 15.2 Å². The molecular weight excluding hydrogens is 528 g/mol. The second-order valence-electron chi connectivity index (χ2n) is 10.9. The van der Waals surface area contributed by atoms with E-state index in [0.29, 0.717) is 47.3 Å². The third-order valence-electron chi connectivity index (χ3n) is 8.42. The van der Waals surface area contributed by atoms with Crippen LogP contribution in [-0.4, -0.2) is 70.1 Å². The molecule has 10 heteroatoms. The van der Waals surface area contributed by atoms with E-state index in [1.54, 1.807) is 50.6 Å². The van der Waals surface area contributed by atoms with E-state index >= 15 is 0 Å². The van der Waals surface area contributed by atoms with Crippen molar-refractivity contribution in [3.63, 3.8) is 0 Å². The number of carbonyl (C=O) groups excluding carboxylic acids is 1. The number of ether oxygens (including phenoxy) is 2. The highest BCUT2D eigenvalue weighted by Crippen LogP contribution is 2.37. The van der Waals surface area contributed by atoms with E-state index in [0.717, 1.165) is 37.9 Å². The molecule has 0 radical (unpaired) electrons. The number of hydrogen-bond acceptors (Lipinski definition) is 7. The number of aryl methyl sites for hydroxylation is 1. The molecule has 2 aliphatic heterocycles. The third kappa shape index (κ3) is 5.84. The van der Waals surface area contributed by atoms with Gasteiger partial charge in [-0.25, -0.2) is 8.42 Å². The Balaban J connectivity index is 1.49. The fraction of sp³-hybridized carbons (Fsp3) is 0.500. The Bertz CT molecular complexity index is 1350. The Morgan fingerprint density at radius 3 is 2.20 bits per heavy atom. The van der Waals surface area contributed by atoms with Crippen molar-refractivity contribution in [2.45, 2.75) is 68.8 Å². The Morgan fingerprint density at radius 2 is 1.52 bits per heavy atom. The van der Waals surface area contributed by atoms with Crippen molar-refractivity contribution < 1.29 is 22.7 Å². The zero-order chi connectivity index (χ0) is 28.3. The molecule has 2 atom stereocenters. The molecule has 9 nitrogen and oxygen atoms in total. The van der Waals surface area contributed by atoms with Crippen LogP contribution in [0.2, 0.25) is 0 Å². The molecule has 3 aliphatic rings. The molecule has 216 valence electrons. The molecule has 0 spiro atoms. The summed E-state index contributed by atoms with van der Waals surface area (Å²) < 4.78 is 37.1. The molecule has 0 aromatic heterocycles. The van der Waals surface area contributed by atoms with E-state index < -0.39 is 10.0 Å². The van der Waals surface area contributed by atoms with Gasteiger partial charge in [0, 0.05) is 30.7 Å². The van der Waals surface area contributed by atoms with E-state index in [4.69, 9.17) is 9.47 Å². The topological polar surface area (TPSA) is 100 Å². The lowest BCUT2D eigenvalue weighted by Crippen LogP contribution is -2.56. The summed E-state index contributed by atoms with van der Waals surface area (Å²) in [5, 5.41) is 0. The zero-order valence-electron chi connectivity index (χ0n) is 23.6. The summed E-state index contributed by atoms with van der Waals surface area (Å²) in [6.07, 6.45) is 7.29. The highest BCUT2D eigenvalue weighted by Gasteiger charge is 2.40. The van der Waals surface area contributed by atoms with Crippen LogP contribution in [0.4, 0.5) is 0 Å². The van der Waals surface area contributed by atoms with E-state index in [-0.39, 0.29) is 16.8 Å². The monoisotopic (exact) mass is 568 g/mol. The number of carbonyl (C=O) groups is 1. The Morgan fingerprint density at radius 1 is 0.850 bits per heavy atom. The molecule has 1 aliphatic carbocycles. The summed E-state index contributed by atoms with van der Waals surface area (Å²) in [6, 6.07) is 12.5. The maximum absolute atomic E-state index is 14.3. The summed E-state index contributed by atoms with van der Waals surface area (Å²) in [5.41, 5.74) is 5.53. The number of hydrogen-bond donors (Lipinski definition) is 2. The largest absolute Gasteiger partial charge is 0.493 e. The molecule has 2 aromatic rings. The number of sulfonamides is 1. The molecule has 0 unspecified atom stereocenters. The summed E-state index contributed by atoms with van der Waals surface area (Å²) >= 11 is 0. The van der Waals surface area contributed by atoms with Crippen LogP contribution in [0.1, 0.15) is 56.1 Å². The molecule has 2 heterocycles. The van der Waals surface area contributed by atoms with Crippen LogP contribution >= 0.6 is 0 Å². The predicted octanol–water partition coefficient (Wildman–Crippen LogP) is 3.85. The number of amides is 1. The van der Waals surface area contributed by atoms with Gasteiger partial charge < -0.3 is 19.8 Å². The highest BCUT2D eigenvalue weighted by molar-refractivity contribution is 7.89. The lowest BCUT2D eigenvalue weighted by Gasteiger charge is -2.45. The van der Waals surface area contributed by atoms with Crippen LogP contribution in [0.3, 0.4) is 0 Å². The minimum atomic E-state index is -3.85. The van der Waals surface area contributed by atoms with Crippen LogP contribution in [-0.2, 0) is 14.8 Å². The fourth-order valence-electron chi connectivity index (χ4n) is 6.32. The minimum absolute atomic E-state index is 0.0911. The lowest BCUT2D eigenvalue weighted by molar-refractivity contribution is -0.130. The molecule has 1 saturated heterocycles. The second-order valence-corrected chi connectivity index (χ2v) is 12.6. The number of nitrogens with zero attached hydrogens (tertiary/aromatic N) is 2. The van der Waals surface area contributed by atoms with Gasteiger partial charge in [0.15, 0.2) is 11.5 Å². The molecule has 5 rings (SSSR count). The third-order valence-corrected chi connectivity index (χ3v) is 9.69. The second kappa shape index (κ2) is 12.2. The van der Waals surface area contributed by atoms with Gasteiger partial charge in [-0.1, -0.05) is 36.6 Å². The maximum Gasteiger partial charge on any atom is 0.257 e. The van der Waals surface area contributed by atoms with Gasteiger partial charge in [-0.3, -0.25) is 9.69 Å². The van der Waals surface area contributed by atoms with Crippen molar-refractivity contribution in [2.75, 3.05) is 33.9 Å². The number of rotatable bonds is 9. The number of hydrazine groups is 1. The maximum atomic E-state index is 14.3. The van der Waals surface area contributed by atoms with Crippen molar-refractivity contribution in [3.8, 4) is 11.5 Å². The molecule has 1 saturated carbocycles. The highest BCUT2D eigenvalue weighted by atomic mass is 32.2. The van der Waals surface area contributed by atoms with Crippen molar-refractivity contribution in [1.82, 2.24) is 20.1 Å². The Kier molecular flexibility index (Phi) is 8.68. The van der Waals surface area contributed by atoms with Crippen molar-refractivity contribution in [1.29, 1.82) is 0 Å². The van der Waals surface area contributed by atoms with Gasteiger partial charge >= 0.3 is 0 Å². The predicted molar refractivity (Wildman–Crippen MR) is 154 cm³/mol. The minimum Gasteiger partial charge on any atom is -0.493 e. The van der Waals surface area contributed by atoms with Crippen molar-refractivity contribution >= 4 is 21.5 Å². The van der Waals surface area contributed by atoms with Crippen LogP contribution in [0.25, 0.3) is 5.57 Å². The van der Waals surface area contributed by atoms with E-state index in [1.807, 2.05) is 17.9 Å². The number of methoxy groups -OCH3 is 2. The first-order valence-electron chi connectivity index (χ1n) is 14.2. The van der Waals surface area contributed by atoms with Crippen LogP contribution in [0.5, 0.6) is 11.5 Å². The molecule has 2 fully saturated rings. The first-order chi connectivity index (χ1) is 19.3. The fourth-order valence-corrected chi connectivity index (χ4v) is 7.19. The van der Waals surface area contributed by atoms with Crippen LogP contribution < -0.4 is 19.7 Å². The molecule has 2 N–H and O–H groups in total.